The molecule has 0 radical (unpaired) electrons. The number of nitrogens with two attached hydrogens (primary N) is 1. The molecule has 0 unspecified atom stereocenters. The van der Waals surface area contributed by atoms with Gasteiger partial charge in [0.2, 0.25) is 5.95 Å². The van der Waals surface area contributed by atoms with Crippen LogP contribution in [0.1, 0.15) is 40.1 Å². The van der Waals surface area contributed by atoms with Crippen LogP contribution in [0.15, 0.2) is 24.3 Å². The number of rotatable bonds is 5. The molecule has 3 rings (SSSR count). The maximum absolute atomic E-state index is 11.6. The maximum Gasteiger partial charge on any atom is 0.335 e. The number of nitrogens with one attached hydrogen (secondary N) is 1. The maximum atomic E-state index is 11.6. The van der Waals surface area contributed by atoms with Crippen molar-refractivity contribution in [3.05, 3.63) is 35.5 Å². The summed E-state index contributed by atoms with van der Waals surface area (Å²) in [6, 6.07) is 6.07. The largest absolute Gasteiger partial charge is 0.478 e. The van der Waals surface area contributed by atoms with Crippen LogP contribution in [0.4, 0.5) is 17.5 Å². The van der Waals surface area contributed by atoms with E-state index in [-0.39, 0.29) is 17.1 Å². The Hall–Kier alpha value is -3.23. The van der Waals surface area contributed by atoms with Gasteiger partial charge < -0.3 is 21.1 Å². The number of carbonyl (C=O) groups excluding carboxylic acids is 1. The number of carboxylic acids is 1. The van der Waals surface area contributed by atoms with Gasteiger partial charge in [-0.15, -0.1) is 10.2 Å². The van der Waals surface area contributed by atoms with Gasteiger partial charge in [0.05, 0.1) is 5.56 Å². The van der Waals surface area contributed by atoms with Crippen molar-refractivity contribution < 1.29 is 14.7 Å². The Morgan fingerprint density at radius 1 is 1.08 bits per heavy atom. The molecule has 1 amide bonds. The minimum atomic E-state index is -1.01. The number of primary amides is 1. The highest BCUT2D eigenvalue weighted by atomic mass is 16.4. The quantitative estimate of drug-likeness (QED) is 0.742. The predicted octanol–water partition coefficient (Wildman–Crippen LogP) is 1.40. The third-order valence-electron chi connectivity index (χ3n) is 3.94. The standard InChI is InChI=1S/C16H18N6O3/c17-13(23)12-14(18-11-6-4-10(5-7-11)15(24)25)19-16(21-20-12)22-8-2-1-3-9-22/h4-7H,1-3,8-9H2,(H2,17,23)(H,24,25)(H,18,19,21). The summed E-state index contributed by atoms with van der Waals surface area (Å²) < 4.78 is 0. The SMILES string of the molecule is NC(=O)c1nnc(N2CCCCC2)nc1Nc1ccc(C(=O)O)cc1. The van der Waals surface area contributed by atoms with Gasteiger partial charge in [0, 0.05) is 18.8 Å². The molecule has 0 aliphatic carbocycles. The third-order valence-corrected chi connectivity index (χ3v) is 3.94. The molecule has 1 aliphatic rings. The number of aromatic carboxylic acids is 1. The minimum Gasteiger partial charge on any atom is -0.478 e. The van der Waals surface area contributed by atoms with Gasteiger partial charge in [0.25, 0.3) is 5.91 Å². The summed E-state index contributed by atoms with van der Waals surface area (Å²) in [7, 11) is 0. The lowest BCUT2D eigenvalue weighted by Gasteiger charge is -2.26. The van der Waals surface area contributed by atoms with Gasteiger partial charge in [0.1, 0.15) is 0 Å². The molecule has 0 bridgehead atoms. The van der Waals surface area contributed by atoms with Crippen molar-refractivity contribution in [2.45, 2.75) is 19.3 Å². The second kappa shape index (κ2) is 7.12. The number of hydrogen-bond donors (Lipinski definition) is 3. The van der Waals surface area contributed by atoms with Crippen molar-refractivity contribution in [1.29, 1.82) is 0 Å². The van der Waals surface area contributed by atoms with Crippen molar-refractivity contribution in [3.63, 3.8) is 0 Å². The monoisotopic (exact) mass is 342 g/mol. The molecule has 130 valence electrons. The highest BCUT2D eigenvalue weighted by molar-refractivity contribution is 5.96. The third kappa shape index (κ3) is 3.82. The molecule has 2 aromatic rings. The predicted molar refractivity (Wildman–Crippen MR) is 91.1 cm³/mol. The van der Waals surface area contributed by atoms with E-state index in [0.717, 1.165) is 25.9 Å². The first kappa shape index (κ1) is 16.6. The van der Waals surface area contributed by atoms with Crippen LogP contribution in [0.5, 0.6) is 0 Å². The fourth-order valence-electron chi connectivity index (χ4n) is 2.63. The number of hydrogen-bond acceptors (Lipinski definition) is 7. The molecular weight excluding hydrogens is 324 g/mol. The molecule has 1 saturated heterocycles. The number of carbonyl (C=O) groups is 2. The van der Waals surface area contributed by atoms with Crippen LogP contribution in [0.2, 0.25) is 0 Å². The van der Waals surface area contributed by atoms with Crippen LogP contribution in [0.25, 0.3) is 0 Å². The topological polar surface area (TPSA) is 134 Å². The minimum absolute atomic E-state index is 0.0666. The number of nitrogens with zero attached hydrogens (tertiary/aromatic N) is 4. The van der Waals surface area contributed by atoms with Crippen molar-refractivity contribution in [2.75, 3.05) is 23.3 Å². The van der Waals surface area contributed by atoms with Crippen molar-refractivity contribution in [2.24, 2.45) is 5.73 Å². The fraction of sp³-hybridized carbons (Fsp3) is 0.312. The van der Waals surface area contributed by atoms with Crippen LogP contribution in [0, 0.1) is 0 Å². The van der Waals surface area contributed by atoms with Crippen molar-refractivity contribution in [3.8, 4) is 0 Å². The van der Waals surface area contributed by atoms with E-state index in [9.17, 15) is 9.59 Å². The zero-order chi connectivity index (χ0) is 17.8. The normalized spacial score (nSPS) is 14.2. The second-order valence-corrected chi connectivity index (χ2v) is 5.73. The second-order valence-electron chi connectivity index (χ2n) is 5.73. The molecule has 25 heavy (non-hydrogen) atoms. The van der Waals surface area contributed by atoms with E-state index in [2.05, 4.69) is 20.5 Å². The van der Waals surface area contributed by atoms with Gasteiger partial charge in [-0.05, 0) is 43.5 Å². The Morgan fingerprint density at radius 3 is 2.36 bits per heavy atom. The first-order chi connectivity index (χ1) is 12.0. The average molecular weight is 342 g/mol. The zero-order valence-electron chi connectivity index (χ0n) is 13.5. The Balaban J connectivity index is 1.89. The highest BCUT2D eigenvalue weighted by Crippen LogP contribution is 2.21. The summed E-state index contributed by atoms with van der Waals surface area (Å²) in [5.74, 6) is -1.11. The molecule has 9 nitrogen and oxygen atoms in total. The van der Waals surface area contributed by atoms with E-state index in [4.69, 9.17) is 10.8 Å². The smallest absolute Gasteiger partial charge is 0.335 e. The van der Waals surface area contributed by atoms with Gasteiger partial charge in [-0.1, -0.05) is 0 Å². The molecule has 1 fully saturated rings. The number of anilines is 3. The van der Waals surface area contributed by atoms with Crippen LogP contribution < -0.4 is 16.0 Å². The summed E-state index contributed by atoms with van der Waals surface area (Å²) in [6.07, 6.45) is 3.28. The number of piperidine rings is 1. The van der Waals surface area contributed by atoms with Gasteiger partial charge in [0.15, 0.2) is 11.5 Å². The summed E-state index contributed by atoms with van der Waals surface area (Å²) >= 11 is 0. The summed E-state index contributed by atoms with van der Waals surface area (Å²) in [5, 5.41) is 19.8. The molecule has 1 aromatic heterocycles. The van der Waals surface area contributed by atoms with Crippen LogP contribution in [-0.2, 0) is 0 Å². The molecule has 0 saturated carbocycles. The lowest BCUT2D eigenvalue weighted by molar-refractivity contribution is 0.0696. The Bertz CT molecular complexity index is 787. The van der Waals surface area contributed by atoms with Gasteiger partial charge in [-0.3, -0.25) is 4.79 Å². The molecule has 1 aromatic carbocycles. The Morgan fingerprint density at radius 2 is 1.76 bits per heavy atom. The molecule has 4 N–H and O–H groups in total. The van der Waals surface area contributed by atoms with Gasteiger partial charge in [-0.25, -0.2) is 4.79 Å². The first-order valence-corrected chi connectivity index (χ1v) is 7.94. The molecule has 0 spiro atoms. The van der Waals surface area contributed by atoms with Crippen molar-refractivity contribution >= 4 is 29.3 Å². The number of amides is 1. The molecular formula is C16H18N6O3. The average Bonchev–Trinajstić information content (AvgIpc) is 2.62. The Labute approximate surface area is 143 Å². The summed E-state index contributed by atoms with van der Waals surface area (Å²) in [4.78, 5) is 28.9. The number of aromatic nitrogens is 3. The van der Waals surface area contributed by atoms with Crippen LogP contribution >= 0.6 is 0 Å². The lowest BCUT2D eigenvalue weighted by atomic mass is 10.1. The molecule has 0 atom stereocenters. The summed E-state index contributed by atoms with van der Waals surface area (Å²) in [6.45, 7) is 1.68. The number of benzene rings is 1. The zero-order valence-corrected chi connectivity index (χ0v) is 13.5. The van der Waals surface area contributed by atoms with Crippen LogP contribution in [-0.4, -0.2) is 45.3 Å². The summed E-state index contributed by atoms with van der Waals surface area (Å²) in [5.41, 5.74) is 6.01. The Kier molecular flexibility index (Phi) is 4.73. The molecule has 2 heterocycles. The van der Waals surface area contributed by atoms with Gasteiger partial charge >= 0.3 is 5.97 Å². The van der Waals surface area contributed by atoms with Gasteiger partial charge in [-0.2, -0.15) is 4.98 Å². The fourth-order valence-corrected chi connectivity index (χ4v) is 2.63. The highest BCUT2D eigenvalue weighted by Gasteiger charge is 2.19. The lowest BCUT2D eigenvalue weighted by Crippen LogP contribution is -2.32. The van der Waals surface area contributed by atoms with Crippen molar-refractivity contribution in [1.82, 2.24) is 15.2 Å². The number of carboxylic acid groups (broad SMARTS) is 1. The first-order valence-electron chi connectivity index (χ1n) is 7.94. The van der Waals surface area contributed by atoms with E-state index in [1.54, 1.807) is 12.1 Å². The molecule has 1 aliphatic heterocycles. The van der Waals surface area contributed by atoms with E-state index in [0.29, 0.717) is 11.6 Å². The van der Waals surface area contributed by atoms with E-state index in [1.165, 1.54) is 18.6 Å². The van der Waals surface area contributed by atoms with E-state index >= 15 is 0 Å². The molecule has 9 heteroatoms. The van der Waals surface area contributed by atoms with E-state index < -0.39 is 11.9 Å². The van der Waals surface area contributed by atoms with Crippen LogP contribution in [0.3, 0.4) is 0 Å². The van der Waals surface area contributed by atoms with E-state index in [1.807, 2.05) is 4.90 Å².